The highest BCUT2D eigenvalue weighted by Gasteiger charge is 1.97. The zero-order chi connectivity index (χ0) is 6.85. The molecule has 1 aromatic rings. The summed E-state index contributed by atoms with van der Waals surface area (Å²) in [5.41, 5.74) is 0. The Morgan fingerprint density at radius 3 is 2.56 bits per heavy atom. The van der Waals surface area contributed by atoms with E-state index < -0.39 is 0 Å². The van der Waals surface area contributed by atoms with Crippen LogP contribution in [0.3, 0.4) is 0 Å². The van der Waals surface area contributed by atoms with Crippen LogP contribution in [0.5, 0.6) is 0 Å². The molecule has 0 bridgehead atoms. The lowest BCUT2D eigenvalue weighted by Gasteiger charge is -1.91. The van der Waals surface area contributed by atoms with Crippen LogP contribution in [-0.2, 0) is 0 Å². The largest absolute Gasteiger partial charge is 0.243 e. The number of hydrogen-bond acceptors (Lipinski definition) is 2. The molecular weight excluding hydrogens is 271 g/mol. The van der Waals surface area contributed by atoms with E-state index in [-0.39, 0.29) is 0 Å². The van der Waals surface area contributed by atoms with Crippen LogP contribution in [0.1, 0.15) is 0 Å². The van der Waals surface area contributed by atoms with E-state index in [1.54, 1.807) is 6.20 Å². The zero-order valence-electron chi connectivity index (χ0n) is 4.11. The first-order chi connectivity index (χ1) is 4.20. The van der Waals surface area contributed by atoms with Crippen LogP contribution >= 0.6 is 43.5 Å². The minimum atomic E-state index is 0.365. The molecule has 0 amide bonds. The first-order valence-electron chi connectivity index (χ1n) is 2.03. The van der Waals surface area contributed by atoms with E-state index in [2.05, 4.69) is 41.8 Å². The molecule has 0 fully saturated rings. The maximum absolute atomic E-state index is 5.56. The van der Waals surface area contributed by atoms with Crippen molar-refractivity contribution >= 4 is 43.5 Å². The predicted octanol–water partition coefficient (Wildman–Crippen LogP) is 2.65. The molecule has 0 unspecified atom stereocenters. The topological polar surface area (TPSA) is 25.8 Å². The van der Waals surface area contributed by atoms with Crippen LogP contribution in [0, 0.1) is 0 Å². The van der Waals surface area contributed by atoms with Crippen molar-refractivity contribution in [2.75, 3.05) is 0 Å². The van der Waals surface area contributed by atoms with Crippen molar-refractivity contribution < 1.29 is 0 Å². The molecule has 0 aromatic carbocycles. The van der Waals surface area contributed by atoms with Gasteiger partial charge in [0.2, 0.25) is 0 Å². The van der Waals surface area contributed by atoms with Crippen molar-refractivity contribution in [1.82, 2.24) is 9.97 Å². The van der Waals surface area contributed by atoms with Gasteiger partial charge in [-0.1, -0.05) is 11.6 Å². The van der Waals surface area contributed by atoms with Crippen LogP contribution in [0.25, 0.3) is 0 Å². The van der Waals surface area contributed by atoms with E-state index in [0.717, 1.165) is 0 Å². The highest BCUT2D eigenvalue weighted by Crippen LogP contribution is 2.18. The average molecular weight is 272 g/mol. The van der Waals surface area contributed by atoms with E-state index >= 15 is 0 Å². The monoisotopic (exact) mass is 270 g/mol. The van der Waals surface area contributed by atoms with Crippen LogP contribution in [0.15, 0.2) is 15.4 Å². The number of aromatic nitrogens is 2. The molecule has 0 N–H and O–H groups in total. The van der Waals surface area contributed by atoms with Gasteiger partial charge in [0, 0.05) is 0 Å². The van der Waals surface area contributed by atoms with Crippen molar-refractivity contribution in [2.24, 2.45) is 0 Å². The van der Waals surface area contributed by atoms with Gasteiger partial charge in [0.15, 0.2) is 5.15 Å². The SMILES string of the molecule is Clc1nc(Br)cnc1Br. The maximum atomic E-state index is 5.56. The molecule has 1 rings (SSSR count). The third kappa shape index (κ3) is 1.88. The molecule has 0 saturated heterocycles. The molecule has 2 nitrogen and oxygen atoms in total. The summed E-state index contributed by atoms with van der Waals surface area (Å²) < 4.78 is 1.20. The van der Waals surface area contributed by atoms with Crippen molar-refractivity contribution in [2.45, 2.75) is 0 Å². The van der Waals surface area contributed by atoms with E-state index in [0.29, 0.717) is 14.4 Å². The Balaban J connectivity index is 3.17. The summed E-state index contributed by atoms with van der Waals surface area (Å²) >= 11 is 11.8. The lowest BCUT2D eigenvalue weighted by Crippen LogP contribution is -1.81. The second kappa shape index (κ2) is 2.94. The van der Waals surface area contributed by atoms with E-state index in [1.807, 2.05) is 0 Å². The molecule has 0 aliphatic heterocycles. The fourth-order valence-electron chi connectivity index (χ4n) is 0.332. The van der Waals surface area contributed by atoms with Crippen LogP contribution < -0.4 is 0 Å². The second-order valence-electron chi connectivity index (χ2n) is 1.27. The molecule has 0 aliphatic rings. The van der Waals surface area contributed by atoms with E-state index in [9.17, 15) is 0 Å². The number of rotatable bonds is 0. The third-order valence-electron chi connectivity index (χ3n) is 0.660. The minimum absolute atomic E-state index is 0.365. The van der Waals surface area contributed by atoms with Gasteiger partial charge in [-0.05, 0) is 31.9 Å². The first kappa shape index (κ1) is 7.44. The summed E-state index contributed by atoms with van der Waals surface area (Å²) in [6.07, 6.45) is 1.57. The van der Waals surface area contributed by atoms with Crippen molar-refractivity contribution in [3.05, 3.63) is 20.6 Å². The van der Waals surface area contributed by atoms with Crippen LogP contribution in [0.4, 0.5) is 0 Å². The Morgan fingerprint density at radius 1 is 1.44 bits per heavy atom. The van der Waals surface area contributed by atoms with E-state index in [1.165, 1.54) is 0 Å². The summed E-state index contributed by atoms with van der Waals surface area (Å²) in [4.78, 5) is 7.70. The van der Waals surface area contributed by atoms with Gasteiger partial charge >= 0.3 is 0 Å². The Hall–Kier alpha value is 0.330. The molecule has 0 aliphatic carbocycles. The summed E-state index contributed by atoms with van der Waals surface area (Å²) in [5.74, 6) is 0. The Labute approximate surface area is 73.9 Å². The van der Waals surface area contributed by atoms with Crippen molar-refractivity contribution in [3.63, 3.8) is 0 Å². The van der Waals surface area contributed by atoms with Gasteiger partial charge in [0.05, 0.1) is 6.20 Å². The minimum Gasteiger partial charge on any atom is -0.243 e. The molecule has 48 valence electrons. The Kier molecular flexibility index (Phi) is 2.43. The molecule has 9 heavy (non-hydrogen) atoms. The second-order valence-corrected chi connectivity index (χ2v) is 3.20. The van der Waals surface area contributed by atoms with Crippen molar-refractivity contribution in [3.8, 4) is 0 Å². The zero-order valence-corrected chi connectivity index (χ0v) is 8.03. The quantitative estimate of drug-likeness (QED) is 0.725. The molecule has 0 spiro atoms. The van der Waals surface area contributed by atoms with Gasteiger partial charge in [0.25, 0.3) is 0 Å². The Morgan fingerprint density at radius 2 is 2.11 bits per heavy atom. The molecule has 0 saturated carbocycles. The standard InChI is InChI=1S/C4HBr2ClN2/c5-2-1-8-3(6)4(7)9-2/h1H. The number of nitrogens with zero attached hydrogens (tertiary/aromatic N) is 2. The van der Waals surface area contributed by atoms with Gasteiger partial charge in [-0.2, -0.15) is 0 Å². The van der Waals surface area contributed by atoms with Crippen molar-refractivity contribution in [1.29, 1.82) is 0 Å². The summed E-state index contributed by atoms with van der Waals surface area (Å²) in [6.45, 7) is 0. The lowest BCUT2D eigenvalue weighted by molar-refractivity contribution is 1.13. The molecule has 5 heteroatoms. The molecule has 0 radical (unpaired) electrons. The molecule has 1 heterocycles. The number of hydrogen-bond donors (Lipinski definition) is 0. The molecule has 0 atom stereocenters. The summed E-state index contributed by atoms with van der Waals surface area (Å²) in [5, 5.41) is 0.365. The molecular formula is C4HBr2ClN2. The van der Waals surface area contributed by atoms with Crippen LogP contribution in [0.2, 0.25) is 5.15 Å². The maximum Gasteiger partial charge on any atom is 0.163 e. The normalized spacial score (nSPS) is 9.67. The summed E-state index contributed by atoms with van der Waals surface area (Å²) in [7, 11) is 0. The highest BCUT2D eigenvalue weighted by molar-refractivity contribution is 9.10. The smallest absolute Gasteiger partial charge is 0.163 e. The van der Waals surface area contributed by atoms with Gasteiger partial charge in [0.1, 0.15) is 9.21 Å². The fraction of sp³-hybridized carbons (Fsp3) is 0. The van der Waals surface area contributed by atoms with Crippen LogP contribution in [-0.4, -0.2) is 9.97 Å². The highest BCUT2D eigenvalue weighted by atomic mass is 79.9. The lowest BCUT2D eigenvalue weighted by atomic mass is 10.8. The van der Waals surface area contributed by atoms with Gasteiger partial charge < -0.3 is 0 Å². The van der Waals surface area contributed by atoms with Gasteiger partial charge in [-0.3, -0.25) is 0 Å². The predicted molar refractivity (Wildman–Crippen MR) is 42.4 cm³/mol. The van der Waals surface area contributed by atoms with Gasteiger partial charge in [-0.25, -0.2) is 9.97 Å². The molecule has 1 aromatic heterocycles. The Bertz CT molecular complexity index is 228. The third-order valence-corrected chi connectivity index (χ3v) is 2.11. The number of halogens is 3. The van der Waals surface area contributed by atoms with Gasteiger partial charge in [-0.15, -0.1) is 0 Å². The van der Waals surface area contributed by atoms with E-state index in [4.69, 9.17) is 11.6 Å². The average Bonchev–Trinajstić information content (AvgIpc) is 1.80. The summed E-state index contributed by atoms with van der Waals surface area (Å²) in [6, 6.07) is 0. The first-order valence-corrected chi connectivity index (χ1v) is 4.00. The fourth-order valence-corrected chi connectivity index (χ4v) is 1.04.